The van der Waals surface area contributed by atoms with Gasteiger partial charge in [-0.15, -0.1) is 11.8 Å². The molecule has 14 heavy (non-hydrogen) atoms. The van der Waals surface area contributed by atoms with Gasteiger partial charge in [0.25, 0.3) is 0 Å². The van der Waals surface area contributed by atoms with Crippen molar-refractivity contribution in [3.8, 4) is 0 Å². The maximum Gasteiger partial charge on any atom is 0.0139 e. The molecular weight excluding hydrogens is 188 g/mol. The third-order valence-corrected chi connectivity index (χ3v) is 4.12. The largest absolute Gasteiger partial charge is 0.126 e. The lowest BCUT2D eigenvalue weighted by atomic mass is 9.88. The molecule has 0 saturated heterocycles. The van der Waals surface area contributed by atoms with Gasteiger partial charge in [0.2, 0.25) is 0 Å². The monoisotopic (exact) mass is 204 g/mol. The van der Waals surface area contributed by atoms with Crippen LogP contribution < -0.4 is 0 Å². The lowest BCUT2D eigenvalue weighted by molar-refractivity contribution is 0.792. The summed E-state index contributed by atoms with van der Waals surface area (Å²) in [5.74, 6) is 1.26. The Bertz CT molecular complexity index is 331. The summed E-state index contributed by atoms with van der Waals surface area (Å²) in [4.78, 5) is 1.51. The van der Waals surface area contributed by atoms with Gasteiger partial charge in [-0.2, -0.15) is 0 Å². The van der Waals surface area contributed by atoms with Gasteiger partial charge in [-0.25, -0.2) is 0 Å². The molecule has 2 rings (SSSR count). The van der Waals surface area contributed by atoms with E-state index in [2.05, 4.69) is 19.2 Å². The standard InChI is InChI=1S/C13H16S/c1-3-5-12-10(2)7-8-11-6-4-9-14-13(11)12/h3,5H,1-2,4,6-9H2/b12-5+. The summed E-state index contributed by atoms with van der Waals surface area (Å²) >= 11 is 2.00. The SMILES string of the molecule is C=C/C=C1\C(=C)CCC2=C1SCCC2. The zero-order valence-electron chi connectivity index (χ0n) is 8.51. The second-order valence-electron chi connectivity index (χ2n) is 3.80. The van der Waals surface area contributed by atoms with Crippen LogP contribution in [0.25, 0.3) is 0 Å². The molecule has 0 aromatic heterocycles. The molecule has 0 spiro atoms. The molecule has 1 heterocycles. The Kier molecular flexibility index (Phi) is 2.97. The van der Waals surface area contributed by atoms with E-state index in [0.29, 0.717) is 0 Å². The van der Waals surface area contributed by atoms with E-state index in [0.717, 1.165) is 6.42 Å². The Balaban J connectivity index is 2.40. The van der Waals surface area contributed by atoms with Crippen molar-refractivity contribution in [1.29, 1.82) is 0 Å². The topological polar surface area (TPSA) is 0 Å². The highest BCUT2D eigenvalue weighted by Crippen LogP contribution is 2.44. The van der Waals surface area contributed by atoms with Crippen LogP contribution in [-0.2, 0) is 0 Å². The van der Waals surface area contributed by atoms with Crippen LogP contribution in [0, 0.1) is 0 Å². The number of hydrogen-bond donors (Lipinski definition) is 0. The summed E-state index contributed by atoms with van der Waals surface area (Å²) in [7, 11) is 0. The minimum Gasteiger partial charge on any atom is -0.126 e. The molecule has 0 bridgehead atoms. The highest BCUT2D eigenvalue weighted by atomic mass is 32.2. The summed E-state index contributed by atoms with van der Waals surface area (Å²) in [6, 6.07) is 0. The molecule has 0 N–H and O–H groups in total. The van der Waals surface area contributed by atoms with Crippen molar-refractivity contribution < 1.29 is 0 Å². The maximum atomic E-state index is 4.14. The van der Waals surface area contributed by atoms with E-state index in [1.807, 2.05) is 17.8 Å². The van der Waals surface area contributed by atoms with Crippen molar-refractivity contribution >= 4 is 11.8 Å². The van der Waals surface area contributed by atoms with E-state index < -0.39 is 0 Å². The van der Waals surface area contributed by atoms with Crippen molar-refractivity contribution in [2.45, 2.75) is 25.7 Å². The lowest BCUT2D eigenvalue weighted by Gasteiger charge is -2.27. The first-order chi connectivity index (χ1) is 6.83. The van der Waals surface area contributed by atoms with Gasteiger partial charge in [0.1, 0.15) is 0 Å². The van der Waals surface area contributed by atoms with E-state index in [1.54, 1.807) is 5.57 Å². The fraction of sp³-hybridized carbons (Fsp3) is 0.385. The van der Waals surface area contributed by atoms with Crippen molar-refractivity contribution in [3.63, 3.8) is 0 Å². The fourth-order valence-corrected chi connectivity index (χ4v) is 3.36. The van der Waals surface area contributed by atoms with Crippen LogP contribution in [0.15, 0.2) is 46.9 Å². The highest BCUT2D eigenvalue weighted by Gasteiger charge is 2.22. The smallest absolute Gasteiger partial charge is 0.0139 e. The van der Waals surface area contributed by atoms with Crippen LogP contribution in [0.5, 0.6) is 0 Å². The summed E-state index contributed by atoms with van der Waals surface area (Å²) in [5.41, 5.74) is 4.30. The molecule has 0 aromatic carbocycles. The summed E-state index contributed by atoms with van der Waals surface area (Å²) in [5, 5.41) is 0. The third-order valence-electron chi connectivity index (χ3n) is 2.83. The zero-order chi connectivity index (χ0) is 9.97. The van der Waals surface area contributed by atoms with Crippen LogP contribution >= 0.6 is 11.8 Å². The molecule has 0 aromatic rings. The molecule has 74 valence electrons. The Labute approximate surface area is 90.5 Å². The van der Waals surface area contributed by atoms with Gasteiger partial charge in [-0.05, 0) is 42.6 Å². The Morgan fingerprint density at radius 1 is 1.21 bits per heavy atom. The van der Waals surface area contributed by atoms with E-state index in [1.165, 1.54) is 41.1 Å². The van der Waals surface area contributed by atoms with Gasteiger partial charge in [-0.3, -0.25) is 0 Å². The van der Waals surface area contributed by atoms with Crippen molar-refractivity contribution in [2.75, 3.05) is 5.75 Å². The predicted molar refractivity (Wildman–Crippen MR) is 65.4 cm³/mol. The summed E-state index contributed by atoms with van der Waals surface area (Å²) < 4.78 is 0. The van der Waals surface area contributed by atoms with Crippen molar-refractivity contribution in [1.82, 2.24) is 0 Å². The molecule has 2 aliphatic rings. The molecule has 0 atom stereocenters. The Hall–Kier alpha value is -0.690. The normalized spacial score (nSPS) is 25.1. The Morgan fingerprint density at radius 3 is 2.86 bits per heavy atom. The van der Waals surface area contributed by atoms with Gasteiger partial charge in [-0.1, -0.05) is 30.9 Å². The van der Waals surface area contributed by atoms with E-state index >= 15 is 0 Å². The highest BCUT2D eigenvalue weighted by molar-refractivity contribution is 8.03. The number of rotatable bonds is 1. The van der Waals surface area contributed by atoms with Crippen molar-refractivity contribution in [2.24, 2.45) is 0 Å². The van der Waals surface area contributed by atoms with Gasteiger partial charge >= 0.3 is 0 Å². The Morgan fingerprint density at radius 2 is 2.07 bits per heavy atom. The quantitative estimate of drug-likeness (QED) is 0.616. The van der Waals surface area contributed by atoms with Gasteiger partial charge in [0, 0.05) is 4.91 Å². The number of allylic oxidation sites excluding steroid dienone is 5. The molecule has 1 heteroatoms. The van der Waals surface area contributed by atoms with Crippen molar-refractivity contribution in [3.05, 3.63) is 46.9 Å². The molecule has 0 saturated carbocycles. The molecule has 0 nitrogen and oxygen atoms in total. The van der Waals surface area contributed by atoms with Crippen LogP contribution in [0.4, 0.5) is 0 Å². The first kappa shape index (κ1) is 9.85. The predicted octanol–water partition coefficient (Wildman–Crippen LogP) is 4.23. The number of thioether (sulfide) groups is 1. The third kappa shape index (κ3) is 1.74. The summed E-state index contributed by atoms with van der Waals surface area (Å²) in [6.07, 6.45) is 9.01. The lowest BCUT2D eigenvalue weighted by Crippen LogP contribution is -2.08. The van der Waals surface area contributed by atoms with E-state index in [4.69, 9.17) is 0 Å². The second kappa shape index (κ2) is 4.22. The average molecular weight is 204 g/mol. The zero-order valence-corrected chi connectivity index (χ0v) is 9.33. The van der Waals surface area contributed by atoms with Crippen LogP contribution in [0.1, 0.15) is 25.7 Å². The van der Waals surface area contributed by atoms with Crippen LogP contribution in [0.2, 0.25) is 0 Å². The van der Waals surface area contributed by atoms with E-state index in [-0.39, 0.29) is 0 Å². The molecule has 1 aliphatic carbocycles. The minimum absolute atomic E-state index is 1.14. The molecule has 0 unspecified atom stereocenters. The first-order valence-electron chi connectivity index (χ1n) is 5.19. The van der Waals surface area contributed by atoms with Gasteiger partial charge in [0.15, 0.2) is 0 Å². The average Bonchev–Trinajstić information content (AvgIpc) is 2.23. The molecule has 0 amide bonds. The summed E-state index contributed by atoms with van der Waals surface area (Å²) in [6.45, 7) is 7.92. The maximum absolute atomic E-state index is 4.14. The number of hydrogen-bond acceptors (Lipinski definition) is 1. The fourth-order valence-electron chi connectivity index (χ4n) is 2.09. The first-order valence-corrected chi connectivity index (χ1v) is 6.17. The molecular formula is C13H16S. The van der Waals surface area contributed by atoms with Gasteiger partial charge < -0.3 is 0 Å². The second-order valence-corrected chi connectivity index (χ2v) is 4.91. The van der Waals surface area contributed by atoms with Crippen LogP contribution in [-0.4, -0.2) is 5.75 Å². The molecule has 0 fully saturated rings. The molecule has 1 aliphatic heterocycles. The van der Waals surface area contributed by atoms with Crippen LogP contribution in [0.3, 0.4) is 0 Å². The van der Waals surface area contributed by atoms with Gasteiger partial charge in [0.05, 0.1) is 0 Å². The minimum atomic E-state index is 1.14. The molecule has 0 radical (unpaired) electrons. The van der Waals surface area contributed by atoms with E-state index in [9.17, 15) is 0 Å².